The molecule has 0 aliphatic heterocycles. The van der Waals surface area contributed by atoms with Crippen molar-refractivity contribution in [3.63, 3.8) is 0 Å². The van der Waals surface area contributed by atoms with Crippen molar-refractivity contribution in [3.8, 4) is 0 Å². The highest BCUT2D eigenvalue weighted by Gasteiger charge is 2.33. The fourth-order valence-electron chi connectivity index (χ4n) is 3.83. The molecule has 0 aliphatic rings. The highest BCUT2D eigenvalue weighted by molar-refractivity contribution is 9.10. The summed E-state index contributed by atoms with van der Waals surface area (Å²) in [5, 5.41) is 2.92. The Kier molecular flexibility index (Phi) is 9.38. The molecule has 0 saturated heterocycles. The van der Waals surface area contributed by atoms with Crippen molar-refractivity contribution in [3.05, 3.63) is 94.5 Å². The monoisotopic (exact) mass is 599 g/mol. The van der Waals surface area contributed by atoms with Crippen molar-refractivity contribution in [2.45, 2.75) is 57.6 Å². The van der Waals surface area contributed by atoms with Gasteiger partial charge in [-0.15, -0.1) is 0 Å². The van der Waals surface area contributed by atoms with Crippen molar-refractivity contribution in [1.82, 2.24) is 10.2 Å². The van der Waals surface area contributed by atoms with Gasteiger partial charge in [0.15, 0.2) is 0 Å². The molecule has 7 nitrogen and oxygen atoms in total. The molecule has 3 aromatic rings. The fourth-order valence-corrected chi connectivity index (χ4v) is 5.63. The smallest absolute Gasteiger partial charge is 0.264 e. The maximum absolute atomic E-state index is 13.9. The van der Waals surface area contributed by atoms with E-state index < -0.39 is 34.1 Å². The second-order valence-electron chi connectivity index (χ2n) is 10.2. The maximum atomic E-state index is 13.9. The third kappa shape index (κ3) is 7.68. The zero-order chi connectivity index (χ0) is 28.1. The van der Waals surface area contributed by atoms with E-state index in [9.17, 15) is 18.0 Å². The molecule has 2 amide bonds. The van der Waals surface area contributed by atoms with Crippen LogP contribution in [-0.2, 0) is 26.2 Å². The number of amides is 2. The van der Waals surface area contributed by atoms with Crippen LogP contribution in [0.4, 0.5) is 5.69 Å². The Bertz CT molecular complexity index is 1370. The average molecular weight is 601 g/mol. The van der Waals surface area contributed by atoms with Crippen LogP contribution in [0.5, 0.6) is 0 Å². The first-order valence-corrected chi connectivity index (χ1v) is 14.5. The molecule has 0 aromatic heterocycles. The van der Waals surface area contributed by atoms with Gasteiger partial charge in [0, 0.05) is 16.6 Å². The molecule has 0 radical (unpaired) electrons. The third-order valence-electron chi connectivity index (χ3n) is 5.85. The molecule has 0 fully saturated rings. The molecule has 0 heterocycles. The molecule has 0 unspecified atom stereocenters. The van der Waals surface area contributed by atoms with Gasteiger partial charge in [0.25, 0.3) is 10.0 Å². The number of benzene rings is 3. The van der Waals surface area contributed by atoms with Crippen LogP contribution in [0.25, 0.3) is 0 Å². The van der Waals surface area contributed by atoms with Crippen LogP contribution in [-0.4, -0.2) is 43.3 Å². The van der Waals surface area contributed by atoms with Crippen LogP contribution in [0, 0.1) is 6.92 Å². The summed E-state index contributed by atoms with van der Waals surface area (Å²) < 4.78 is 29.4. The summed E-state index contributed by atoms with van der Waals surface area (Å²) in [5.41, 5.74) is 1.58. The summed E-state index contributed by atoms with van der Waals surface area (Å²) in [7, 11) is -4.10. The summed E-state index contributed by atoms with van der Waals surface area (Å²) in [6.07, 6.45) is 0. The van der Waals surface area contributed by atoms with Crippen LogP contribution >= 0.6 is 15.9 Å². The van der Waals surface area contributed by atoms with Crippen molar-refractivity contribution in [2.75, 3.05) is 10.8 Å². The minimum Gasteiger partial charge on any atom is -0.350 e. The van der Waals surface area contributed by atoms with Crippen LogP contribution in [0.3, 0.4) is 0 Å². The summed E-state index contributed by atoms with van der Waals surface area (Å²) in [4.78, 5) is 28.5. The Balaban J connectivity index is 2.03. The minimum atomic E-state index is -4.10. The number of anilines is 1. The molecular weight excluding hydrogens is 566 g/mol. The minimum absolute atomic E-state index is 0.0732. The quantitative estimate of drug-likeness (QED) is 0.362. The second kappa shape index (κ2) is 12.1. The van der Waals surface area contributed by atoms with Gasteiger partial charge < -0.3 is 10.2 Å². The molecule has 202 valence electrons. The van der Waals surface area contributed by atoms with Gasteiger partial charge in [0.1, 0.15) is 12.6 Å². The normalized spacial score (nSPS) is 12.5. The zero-order valence-corrected chi connectivity index (χ0v) is 24.7. The predicted molar refractivity (Wildman–Crippen MR) is 154 cm³/mol. The number of nitrogens with zero attached hydrogens (tertiary/aromatic N) is 2. The maximum Gasteiger partial charge on any atom is 0.264 e. The lowest BCUT2D eigenvalue weighted by Crippen LogP contribution is -2.54. The van der Waals surface area contributed by atoms with Crippen molar-refractivity contribution < 1.29 is 18.0 Å². The fraction of sp³-hybridized carbons (Fsp3) is 0.310. The Hall–Kier alpha value is -3.17. The number of carbonyl (C=O) groups excluding carboxylic acids is 2. The van der Waals surface area contributed by atoms with Gasteiger partial charge in [-0.3, -0.25) is 13.9 Å². The number of sulfonamides is 1. The highest BCUT2D eigenvalue weighted by Crippen LogP contribution is 2.27. The lowest BCUT2D eigenvalue weighted by Gasteiger charge is -2.33. The largest absolute Gasteiger partial charge is 0.350 e. The van der Waals surface area contributed by atoms with E-state index >= 15 is 0 Å². The lowest BCUT2D eigenvalue weighted by molar-refractivity contribution is -0.140. The molecule has 0 aliphatic carbocycles. The number of nitrogens with one attached hydrogen (secondary N) is 1. The van der Waals surface area contributed by atoms with E-state index in [0.29, 0.717) is 10.2 Å². The van der Waals surface area contributed by atoms with Crippen LogP contribution in [0.1, 0.15) is 38.8 Å². The molecule has 38 heavy (non-hydrogen) atoms. The first kappa shape index (κ1) is 29.4. The topological polar surface area (TPSA) is 86.8 Å². The summed E-state index contributed by atoms with van der Waals surface area (Å²) in [6, 6.07) is 21.7. The summed E-state index contributed by atoms with van der Waals surface area (Å²) in [6.45, 7) is 8.79. The van der Waals surface area contributed by atoms with Gasteiger partial charge in [-0.1, -0.05) is 70.0 Å². The zero-order valence-electron chi connectivity index (χ0n) is 22.3. The average Bonchev–Trinajstić information content (AvgIpc) is 2.85. The van der Waals surface area contributed by atoms with Gasteiger partial charge in [-0.2, -0.15) is 0 Å². The molecule has 0 bridgehead atoms. The standard InChI is InChI=1S/C29H34BrN3O4S/c1-21-14-16-26(17-15-21)38(36,37)33(25-13-9-12-24(30)18-25)20-27(34)32(19-23-10-7-6-8-11-23)22(2)28(35)31-29(3,4)5/h6-18,22H,19-20H2,1-5H3,(H,31,35)/t22-/m1/s1. The van der Waals surface area contributed by atoms with E-state index in [1.54, 1.807) is 43.3 Å². The molecular formula is C29H34BrN3O4S. The van der Waals surface area contributed by atoms with E-state index in [1.807, 2.05) is 58.0 Å². The van der Waals surface area contributed by atoms with Gasteiger partial charge in [-0.05, 0) is 70.5 Å². The van der Waals surface area contributed by atoms with Crippen LogP contribution in [0.2, 0.25) is 0 Å². The number of aryl methyl sites for hydroxylation is 1. The predicted octanol–water partition coefficient (Wildman–Crippen LogP) is 5.28. The number of carbonyl (C=O) groups is 2. The van der Waals surface area contributed by atoms with E-state index in [-0.39, 0.29) is 17.3 Å². The van der Waals surface area contributed by atoms with Crippen molar-refractivity contribution in [2.24, 2.45) is 0 Å². The van der Waals surface area contributed by atoms with Crippen LogP contribution < -0.4 is 9.62 Å². The number of halogens is 1. The Labute approximate surface area is 234 Å². The molecule has 0 spiro atoms. The SMILES string of the molecule is Cc1ccc(S(=O)(=O)N(CC(=O)N(Cc2ccccc2)[C@H](C)C(=O)NC(C)(C)C)c2cccc(Br)c2)cc1. The Morgan fingerprint density at radius 3 is 2.16 bits per heavy atom. The van der Waals surface area contributed by atoms with E-state index in [1.165, 1.54) is 17.0 Å². The molecule has 9 heteroatoms. The van der Waals surface area contributed by atoms with Gasteiger partial charge in [-0.25, -0.2) is 8.42 Å². The second-order valence-corrected chi connectivity index (χ2v) is 13.0. The highest BCUT2D eigenvalue weighted by atomic mass is 79.9. The van der Waals surface area contributed by atoms with Crippen LogP contribution in [0.15, 0.2) is 88.2 Å². The Morgan fingerprint density at radius 2 is 1.58 bits per heavy atom. The van der Waals surface area contributed by atoms with E-state index in [0.717, 1.165) is 15.4 Å². The molecule has 3 aromatic carbocycles. The van der Waals surface area contributed by atoms with Crippen molar-refractivity contribution >= 4 is 43.5 Å². The first-order chi connectivity index (χ1) is 17.8. The molecule has 3 rings (SSSR count). The molecule has 1 N–H and O–H groups in total. The molecule has 1 atom stereocenters. The van der Waals surface area contributed by atoms with Gasteiger partial charge in [0.05, 0.1) is 10.6 Å². The Morgan fingerprint density at radius 1 is 0.947 bits per heavy atom. The summed E-state index contributed by atoms with van der Waals surface area (Å²) >= 11 is 3.40. The van der Waals surface area contributed by atoms with Crippen molar-refractivity contribution in [1.29, 1.82) is 0 Å². The van der Waals surface area contributed by atoms with E-state index in [4.69, 9.17) is 0 Å². The summed E-state index contributed by atoms with van der Waals surface area (Å²) in [5.74, 6) is -0.821. The number of hydrogen-bond acceptors (Lipinski definition) is 4. The first-order valence-electron chi connectivity index (χ1n) is 12.3. The lowest BCUT2D eigenvalue weighted by atomic mass is 10.1. The molecule has 0 saturated carbocycles. The number of hydrogen-bond donors (Lipinski definition) is 1. The van der Waals surface area contributed by atoms with E-state index in [2.05, 4.69) is 21.2 Å². The number of rotatable bonds is 9. The van der Waals surface area contributed by atoms with Gasteiger partial charge in [0.2, 0.25) is 11.8 Å². The third-order valence-corrected chi connectivity index (χ3v) is 8.13. The van der Waals surface area contributed by atoms with Gasteiger partial charge >= 0.3 is 0 Å².